The number of aromatic nitrogens is 4. The highest BCUT2D eigenvalue weighted by molar-refractivity contribution is 8.76. The number of fused-ring (bicyclic) bond motifs is 1. The number of nitrogens with two attached hydrogens (primary N) is 2. The minimum atomic E-state index is -4.53. The minimum Gasteiger partial charge on any atom is -0.480 e. The molecule has 1 aromatic carbocycles. The van der Waals surface area contributed by atoms with Crippen molar-refractivity contribution < 1.29 is 66.3 Å². The summed E-state index contributed by atoms with van der Waals surface area (Å²) < 4.78 is 36.8. The van der Waals surface area contributed by atoms with Crippen LogP contribution in [-0.2, 0) is 50.2 Å². The number of hydrogen-bond acceptors (Lipinski definition) is 20. The topological polar surface area (TPSA) is 484 Å². The fraction of sp³-hybridized carbons (Fsp3) is 0.533. The molecule has 0 aliphatic carbocycles. The average molecular weight is 1150 g/mol. The van der Waals surface area contributed by atoms with Gasteiger partial charge in [0.2, 0.25) is 29.6 Å². The van der Waals surface area contributed by atoms with Crippen LogP contribution in [0.4, 0.5) is 16.4 Å². The molecule has 6 amide bonds. The molecule has 0 bridgehead atoms. The number of ether oxygens (including phenoxy) is 1. The van der Waals surface area contributed by atoms with Gasteiger partial charge < -0.3 is 69.0 Å². The molecule has 0 aliphatic heterocycles. The van der Waals surface area contributed by atoms with Gasteiger partial charge in [0.25, 0.3) is 21.6 Å². The van der Waals surface area contributed by atoms with Crippen molar-refractivity contribution in [1.82, 2.24) is 57.2 Å². The first-order valence-electron chi connectivity index (χ1n) is 24.1. The van der Waals surface area contributed by atoms with Crippen LogP contribution in [0.15, 0.2) is 35.3 Å². The predicted octanol–water partition coefficient (Wildman–Crippen LogP) is -0.611. The number of carboxylic acid groups (broad SMARTS) is 2. The summed E-state index contributed by atoms with van der Waals surface area (Å²) in [5.74, 6) is -9.00. The van der Waals surface area contributed by atoms with Gasteiger partial charge in [-0.05, 0) is 76.1 Å². The van der Waals surface area contributed by atoms with E-state index in [2.05, 4.69) is 76.3 Å². The zero-order valence-electron chi connectivity index (χ0n) is 43.1. The third-order valence-corrected chi connectivity index (χ3v) is 13.9. The van der Waals surface area contributed by atoms with Crippen molar-refractivity contribution in [2.45, 2.75) is 109 Å². The second-order valence-corrected chi connectivity index (χ2v) is 22.6. The third kappa shape index (κ3) is 25.1. The monoisotopic (exact) mass is 1150 g/mol. The summed E-state index contributed by atoms with van der Waals surface area (Å²) in [6, 6.07) is -0.754. The molecule has 430 valence electrons. The maximum Gasteiger partial charge on any atom is 0.407 e. The number of H-pyrrole nitrogens is 1. The first-order valence-corrected chi connectivity index (χ1v) is 28.2. The van der Waals surface area contributed by atoms with E-state index in [9.17, 15) is 61.8 Å². The van der Waals surface area contributed by atoms with E-state index >= 15 is 0 Å². The Balaban J connectivity index is 1.66. The van der Waals surface area contributed by atoms with Gasteiger partial charge in [-0.15, -0.1) is 0 Å². The van der Waals surface area contributed by atoms with Crippen LogP contribution in [0.5, 0.6) is 0 Å². The Morgan fingerprint density at radius 1 is 0.846 bits per heavy atom. The van der Waals surface area contributed by atoms with Crippen molar-refractivity contribution in [3.05, 3.63) is 52.1 Å². The van der Waals surface area contributed by atoms with Gasteiger partial charge in [0.15, 0.2) is 17.1 Å². The lowest BCUT2D eigenvalue weighted by atomic mass is 9.94. The molecule has 30 nitrogen and oxygen atoms in total. The van der Waals surface area contributed by atoms with Gasteiger partial charge in [-0.1, -0.05) is 35.4 Å². The lowest BCUT2D eigenvalue weighted by molar-refractivity contribution is -0.142. The van der Waals surface area contributed by atoms with E-state index in [0.29, 0.717) is 17.3 Å². The maximum atomic E-state index is 13.9. The molecule has 0 spiro atoms. The summed E-state index contributed by atoms with van der Waals surface area (Å²) in [7, 11) is -2.39. The number of nitrogens with zero attached hydrogens (tertiary/aromatic N) is 3. The molecule has 33 heteroatoms. The molecule has 3 rings (SSSR count). The number of alkyl carbamates (subject to hydrolysis) is 1. The molecular weight excluding hydrogens is 1090 g/mol. The van der Waals surface area contributed by atoms with Gasteiger partial charge in [-0.25, -0.2) is 24.4 Å². The van der Waals surface area contributed by atoms with Crippen LogP contribution in [0.1, 0.15) is 88.7 Å². The summed E-state index contributed by atoms with van der Waals surface area (Å²) in [5, 5.41) is 47.3. The molecule has 2 aromatic heterocycles. The number of carbonyl (C=O) groups is 8. The summed E-state index contributed by atoms with van der Waals surface area (Å²) >= 11 is 0. The first kappa shape index (κ1) is 64.8. The Morgan fingerprint density at radius 2 is 1.51 bits per heavy atom. The number of carboxylic acids is 2. The predicted molar refractivity (Wildman–Crippen MR) is 288 cm³/mol. The van der Waals surface area contributed by atoms with E-state index in [1.54, 1.807) is 0 Å². The van der Waals surface area contributed by atoms with Gasteiger partial charge in [-0.2, -0.15) is 13.4 Å². The van der Waals surface area contributed by atoms with E-state index in [1.165, 1.54) is 30.5 Å². The van der Waals surface area contributed by atoms with Crippen molar-refractivity contribution >= 4 is 108 Å². The van der Waals surface area contributed by atoms with Gasteiger partial charge in [-0.3, -0.25) is 43.7 Å². The zero-order valence-corrected chi connectivity index (χ0v) is 45.6. The Hall–Kier alpha value is -7.52. The third-order valence-electron chi connectivity index (χ3n) is 10.8. The number of hydrogen-bond donors (Lipinski definition) is 15. The van der Waals surface area contributed by atoms with Crippen molar-refractivity contribution in [3.8, 4) is 0 Å². The average Bonchev–Trinajstić information content (AvgIpc) is 3.34. The number of anilines is 2. The molecule has 17 N–H and O–H groups in total. The molecule has 2 heterocycles. The number of guanidine groups is 1. The molecule has 0 radical (unpaired) electrons. The lowest BCUT2D eigenvalue weighted by Gasteiger charge is -2.26. The molecule has 0 unspecified atom stereocenters. The number of rotatable bonds is 34. The number of benzene rings is 1. The Bertz CT molecular complexity index is 2770. The molecule has 0 fully saturated rings. The molecule has 78 heavy (non-hydrogen) atoms. The Kier molecular flexibility index (Phi) is 26.3. The van der Waals surface area contributed by atoms with Crippen LogP contribution in [0.2, 0.25) is 0 Å². The highest BCUT2D eigenvalue weighted by Crippen LogP contribution is 2.22. The minimum absolute atomic E-state index is 0.0146. The van der Waals surface area contributed by atoms with E-state index in [-0.39, 0.29) is 66.7 Å². The van der Waals surface area contributed by atoms with E-state index in [4.69, 9.17) is 26.2 Å². The van der Waals surface area contributed by atoms with Crippen LogP contribution in [0, 0.1) is 11.3 Å². The molecule has 0 saturated heterocycles. The summed E-state index contributed by atoms with van der Waals surface area (Å²) in [6.07, 6.45) is 0.284. The second kappa shape index (κ2) is 31.6. The van der Waals surface area contributed by atoms with Crippen molar-refractivity contribution in [2.75, 3.05) is 48.0 Å². The number of aliphatic carboxylic acids is 2. The molecular formula is C45H67N15O15S3. The van der Waals surface area contributed by atoms with Crippen LogP contribution >= 0.6 is 21.6 Å². The first-order chi connectivity index (χ1) is 36.6. The number of amides is 6. The standard InChI is InChI=1S/C45H67N15O15S3/c1-24(2)13-14-45(3,4)60-44(71)75-17-18-76-77-23-31(41(69)70)57-38(65)30(20-33(62)49-16-19-78(72,73)74)56-37(64)28(6-5-15-50-42(46)47)54-32(61)12-11-29(40(67)68)55-36(63)25-7-9-26(10-8-25)51-21-27-22-52-35-34(53-27)39(66)59-43(48)58-35/h7-10,22,24,28-31,51H,5-6,11-21,23H2,1-4H3,(H,49,62)(H,54,61)(H,55,63)(H,56,64)(H,57,65)(H,60,71)(H,67,68)(H,69,70)(H4,46,47,50)(H,72,73,74)(H3,48,52,58,59,66)/t28-,29+,30-,31-/m0/s1. The Labute approximate surface area is 455 Å². The van der Waals surface area contributed by atoms with Crippen LogP contribution in [-0.4, -0.2) is 163 Å². The van der Waals surface area contributed by atoms with Gasteiger partial charge in [0.1, 0.15) is 30.8 Å². The molecule has 0 saturated carbocycles. The van der Waals surface area contributed by atoms with Gasteiger partial charge in [0, 0.05) is 47.8 Å². The normalized spacial score (nSPS) is 12.9. The van der Waals surface area contributed by atoms with Crippen molar-refractivity contribution in [2.24, 2.45) is 11.7 Å². The summed E-state index contributed by atoms with van der Waals surface area (Å²) in [6.45, 7) is 7.36. The van der Waals surface area contributed by atoms with Crippen LogP contribution < -0.4 is 59.6 Å². The molecule has 0 aliphatic rings. The number of nitrogens with one attached hydrogen (secondary N) is 10. The SMILES string of the molecule is CC(C)CCC(C)(C)NC(=O)OCCSSC[C@H](NC(=O)[C@H](CC(=O)NCCS(=O)(=O)O)NC(=O)[C@H](CCCNC(=N)N)NC(=O)CC[C@@H](NC(=O)c1ccc(NCc2cnc3nc(N)[nH]c(=O)c3n2)cc1)C(=O)O)C(=O)O. The van der Waals surface area contributed by atoms with E-state index in [0.717, 1.165) is 34.4 Å². The quantitative estimate of drug-likeness (QED) is 0.0117. The van der Waals surface area contributed by atoms with Crippen molar-refractivity contribution in [3.63, 3.8) is 0 Å². The number of carbonyl (C=O) groups excluding carboxylic acids is 6. The van der Waals surface area contributed by atoms with Crippen molar-refractivity contribution in [1.29, 1.82) is 5.41 Å². The fourth-order valence-corrected chi connectivity index (χ4v) is 9.04. The molecule has 4 atom stereocenters. The van der Waals surface area contributed by atoms with E-state index in [1.807, 2.05) is 13.8 Å². The highest BCUT2D eigenvalue weighted by Gasteiger charge is 2.32. The highest BCUT2D eigenvalue weighted by atomic mass is 33.1. The number of aromatic amines is 1. The lowest BCUT2D eigenvalue weighted by Crippen LogP contribution is -2.57. The second-order valence-electron chi connectivity index (χ2n) is 18.4. The van der Waals surface area contributed by atoms with Gasteiger partial charge >= 0.3 is 18.0 Å². The van der Waals surface area contributed by atoms with Crippen LogP contribution in [0.3, 0.4) is 0 Å². The van der Waals surface area contributed by atoms with Gasteiger partial charge in [0.05, 0.1) is 30.6 Å². The largest absolute Gasteiger partial charge is 0.480 e. The maximum absolute atomic E-state index is 13.9. The molecule has 3 aromatic rings. The van der Waals surface area contributed by atoms with Crippen LogP contribution in [0.25, 0.3) is 11.2 Å². The Morgan fingerprint density at radius 3 is 2.15 bits per heavy atom. The smallest absolute Gasteiger partial charge is 0.407 e. The fourth-order valence-electron chi connectivity index (χ4n) is 6.70. The van der Waals surface area contributed by atoms with E-state index < -0.39 is 130 Å². The zero-order chi connectivity index (χ0) is 58.2. The summed E-state index contributed by atoms with van der Waals surface area (Å²) in [4.78, 5) is 131. The summed E-state index contributed by atoms with van der Waals surface area (Å²) in [5.41, 5.74) is 10.8. The number of nitrogen functional groups attached to an aromatic ring is 1.